The number of piperidine rings is 1. The highest BCUT2D eigenvalue weighted by molar-refractivity contribution is 6.39. The minimum absolute atomic E-state index is 0.0905. The average Bonchev–Trinajstić information content (AvgIpc) is 3.16. The maximum Gasteiger partial charge on any atom is 0.271 e. The molecule has 0 radical (unpaired) electrons. The number of carbonyl (C=O) groups is 2. The van der Waals surface area contributed by atoms with E-state index >= 15 is 0 Å². The second-order valence-corrected chi connectivity index (χ2v) is 8.25. The molecule has 30 heavy (non-hydrogen) atoms. The molecule has 0 bridgehead atoms. The number of rotatable bonds is 4. The first-order valence-corrected chi connectivity index (χ1v) is 10.3. The molecule has 1 spiro atoms. The highest BCUT2D eigenvalue weighted by Gasteiger charge is 2.46. The summed E-state index contributed by atoms with van der Waals surface area (Å²) >= 11 is 6.03. The van der Waals surface area contributed by atoms with Gasteiger partial charge >= 0.3 is 0 Å². The van der Waals surface area contributed by atoms with E-state index in [0.717, 1.165) is 18.5 Å². The Balaban J connectivity index is 1.40. The van der Waals surface area contributed by atoms with Gasteiger partial charge in [-0.3, -0.25) is 14.6 Å². The number of benzene rings is 1. The Bertz CT molecular complexity index is 981. The Morgan fingerprint density at radius 1 is 1.27 bits per heavy atom. The zero-order valence-electron chi connectivity index (χ0n) is 16.8. The molecule has 2 aliphatic heterocycles. The largest absolute Gasteiger partial charge is 0.386 e. The van der Waals surface area contributed by atoms with Crippen LogP contribution in [0.3, 0.4) is 0 Å². The van der Waals surface area contributed by atoms with Crippen molar-refractivity contribution in [3.8, 4) is 0 Å². The molecule has 0 saturated carbocycles. The molecular formula is C22H23ClN4O3. The molecular weight excluding hydrogens is 404 g/mol. The summed E-state index contributed by atoms with van der Waals surface area (Å²) in [6.45, 7) is 1.42. The molecule has 156 valence electrons. The van der Waals surface area contributed by atoms with Gasteiger partial charge in [-0.05, 0) is 43.2 Å². The minimum atomic E-state index is -0.649. The predicted molar refractivity (Wildman–Crippen MR) is 113 cm³/mol. The van der Waals surface area contributed by atoms with Crippen molar-refractivity contribution in [2.24, 2.45) is 5.16 Å². The van der Waals surface area contributed by atoms with Gasteiger partial charge in [-0.25, -0.2) is 0 Å². The summed E-state index contributed by atoms with van der Waals surface area (Å²) in [6, 6.07) is 12.5. The van der Waals surface area contributed by atoms with E-state index in [1.54, 1.807) is 47.3 Å². The summed E-state index contributed by atoms with van der Waals surface area (Å²) in [5, 5.41) is 4.63. The molecule has 1 aromatic carbocycles. The first-order chi connectivity index (χ1) is 14.5. The van der Waals surface area contributed by atoms with Crippen LogP contribution in [-0.4, -0.2) is 58.0 Å². The topological polar surface area (TPSA) is 75.1 Å². The zero-order chi connectivity index (χ0) is 21.1. The van der Waals surface area contributed by atoms with Crippen LogP contribution in [0.15, 0.2) is 53.8 Å². The lowest BCUT2D eigenvalue weighted by molar-refractivity contribution is -0.123. The highest BCUT2D eigenvalue weighted by Crippen LogP contribution is 2.34. The van der Waals surface area contributed by atoms with Crippen LogP contribution in [0.5, 0.6) is 0 Å². The number of halogens is 1. The van der Waals surface area contributed by atoms with Gasteiger partial charge in [-0.2, -0.15) is 0 Å². The SMILES string of the molecule is CN(Cc1ccccn1)C(=O)C1=NO[C@@]2(CCCN(C(=O)c3cccc(Cl)c3)C2)C1. The van der Waals surface area contributed by atoms with Crippen molar-refractivity contribution in [2.75, 3.05) is 20.1 Å². The van der Waals surface area contributed by atoms with Gasteiger partial charge in [0.1, 0.15) is 5.71 Å². The molecule has 3 heterocycles. The normalized spacial score (nSPS) is 20.6. The van der Waals surface area contributed by atoms with Gasteiger partial charge in [-0.15, -0.1) is 0 Å². The molecule has 7 nitrogen and oxygen atoms in total. The Morgan fingerprint density at radius 2 is 2.13 bits per heavy atom. The summed E-state index contributed by atoms with van der Waals surface area (Å²) in [6.07, 6.45) is 3.62. The molecule has 2 aromatic rings. The fourth-order valence-corrected chi connectivity index (χ4v) is 4.15. The fourth-order valence-electron chi connectivity index (χ4n) is 3.96. The van der Waals surface area contributed by atoms with Crippen LogP contribution in [0.1, 0.15) is 35.3 Å². The van der Waals surface area contributed by atoms with Crippen LogP contribution in [0.25, 0.3) is 0 Å². The molecule has 1 atom stereocenters. The summed E-state index contributed by atoms with van der Waals surface area (Å²) < 4.78 is 0. The van der Waals surface area contributed by atoms with Crippen molar-refractivity contribution in [1.82, 2.24) is 14.8 Å². The van der Waals surface area contributed by atoms with Gasteiger partial charge in [0.15, 0.2) is 5.60 Å². The fraction of sp³-hybridized carbons (Fsp3) is 0.364. The van der Waals surface area contributed by atoms with E-state index in [-0.39, 0.29) is 11.8 Å². The van der Waals surface area contributed by atoms with Crippen molar-refractivity contribution in [3.05, 3.63) is 64.9 Å². The number of aromatic nitrogens is 1. The lowest BCUT2D eigenvalue weighted by atomic mass is 9.87. The number of likely N-dealkylation sites (tertiary alicyclic amines) is 1. The number of hydrogen-bond acceptors (Lipinski definition) is 5. The summed E-state index contributed by atoms with van der Waals surface area (Å²) in [7, 11) is 1.72. The lowest BCUT2D eigenvalue weighted by Crippen LogP contribution is -2.51. The van der Waals surface area contributed by atoms with Crippen LogP contribution in [0.2, 0.25) is 5.02 Å². The second-order valence-electron chi connectivity index (χ2n) is 7.81. The molecule has 2 aliphatic rings. The van der Waals surface area contributed by atoms with E-state index in [1.807, 2.05) is 18.2 Å². The van der Waals surface area contributed by atoms with Gasteiger partial charge < -0.3 is 14.6 Å². The van der Waals surface area contributed by atoms with Crippen LogP contribution in [-0.2, 0) is 16.2 Å². The van der Waals surface area contributed by atoms with Crippen molar-refractivity contribution < 1.29 is 14.4 Å². The maximum absolute atomic E-state index is 12.9. The number of amides is 2. The molecule has 1 aromatic heterocycles. The molecule has 1 saturated heterocycles. The molecule has 1 fully saturated rings. The van der Waals surface area contributed by atoms with Crippen LogP contribution >= 0.6 is 11.6 Å². The number of pyridine rings is 1. The van der Waals surface area contributed by atoms with Crippen molar-refractivity contribution in [1.29, 1.82) is 0 Å². The second kappa shape index (κ2) is 8.44. The number of carbonyl (C=O) groups excluding carboxylic acids is 2. The molecule has 0 aliphatic carbocycles. The minimum Gasteiger partial charge on any atom is -0.386 e. The number of nitrogens with zero attached hydrogens (tertiary/aromatic N) is 4. The van der Waals surface area contributed by atoms with E-state index in [9.17, 15) is 9.59 Å². The summed E-state index contributed by atoms with van der Waals surface area (Å²) in [5.41, 5.74) is 1.08. The van der Waals surface area contributed by atoms with Gasteiger partial charge in [0, 0.05) is 36.8 Å². The average molecular weight is 427 g/mol. The standard InChI is InChI=1S/C22H23ClN4O3/c1-26(14-18-8-2-3-10-24-18)21(29)19-13-22(30-25-19)9-5-11-27(15-22)20(28)16-6-4-7-17(23)12-16/h2-4,6-8,10,12H,5,9,11,13-15H2,1H3/t22-/m0/s1. The molecule has 0 unspecified atom stereocenters. The van der Waals surface area contributed by atoms with E-state index in [2.05, 4.69) is 10.1 Å². The first-order valence-electron chi connectivity index (χ1n) is 9.91. The Kier molecular flexibility index (Phi) is 5.72. The van der Waals surface area contributed by atoms with Crippen molar-refractivity contribution in [3.63, 3.8) is 0 Å². The Morgan fingerprint density at radius 3 is 2.90 bits per heavy atom. The third-order valence-corrected chi connectivity index (χ3v) is 5.69. The predicted octanol–water partition coefficient (Wildman–Crippen LogP) is 3.14. The molecule has 2 amide bonds. The van der Waals surface area contributed by atoms with Crippen LogP contribution in [0.4, 0.5) is 0 Å². The number of hydrogen-bond donors (Lipinski definition) is 0. The first kappa shape index (κ1) is 20.3. The van der Waals surface area contributed by atoms with Crippen LogP contribution in [0, 0.1) is 0 Å². The van der Waals surface area contributed by atoms with Gasteiger partial charge in [-0.1, -0.05) is 28.9 Å². The summed E-state index contributed by atoms with van der Waals surface area (Å²) in [5.74, 6) is -0.275. The maximum atomic E-state index is 12.9. The van der Waals surface area contributed by atoms with Gasteiger partial charge in [0.25, 0.3) is 11.8 Å². The van der Waals surface area contributed by atoms with E-state index in [0.29, 0.717) is 42.4 Å². The lowest BCUT2D eigenvalue weighted by Gasteiger charge is -2.38. The smallest absolute Gasteiger partial charge is 0.271 e. The highest BCUT2D eigenvalue weighted by atomic mass is 35.5. The van der Waals surface area contributed by atoms with Crippen LogP contribution < -0.4 is 0 Å². The molecule has 4 rings (SSSR count). The van der Waals surface area contributed by atoms with Gasteiger partial charge in [0.2, 0.25) is 0 Å². The Labute approximate surface area is 180 Å². The van der Waals surface area contributed by atoms with E-state index < -0.39 is 5.60 Å². The zero-order valence-corrected chi connectivity index (χ0v) is 17.5. The van der Waals surface area contributed by atoms with Gasteiger partial charge in [0.05, 0.1) is 18.8 Å². The summed E-state index contributed by atoms with van der Waals surface area (Å²) in [4.78, 5) is 39.1. The van der Waals surface area contributed by atoms with Crippen molar-refractivity contribution in [2.45, 2.75) is 31.4 Å². The monoisotopic (exact) mass is 426 g/mol. The molecule has 8 heteroatoms. The third kappa shape index (κ3) is 4.31. The molecule has 0 N–H and O–H groups in total. The van der Waals surface area contributed by atoms with Crippen molar-refractivity contribution >= 4 is 29.1 Å². The van der Waals surface area contributed by atoms with E-state index in [1.165, 1.54) is 0 Å². The van der Waals surface area contributed by atoms with E-state index in [4.69, 9.17) is 16.4 Å². The quantitative estimate of drug-likeness (QED) is 0.752. The Hall–Kier alpha value is -2.93. The third-order valence-electron chi connectivity index (χ3n) is 5.46. The number of oxime groups is 1.